The van der Waals surface area contributed by atoms with Gasteiger partial charge in [-0.05, 0) is 24.6 Å². The van der Waals surface area contributed by atoms with Crippen LogP contribution in [-0.4, -0.2) is 19.6 Å². The minimum absolute atomic E-state index is 0.133. The van der Waals surface area contributed by atoms with Gasteiger partial charge in [0.2, 0.25) is 0 Å². The summed E-state index contributed by atoms with van der Waals surface area (Å²) in [6, 6.07) is 5.04. The van der Waals surface area contributed by atoms with Crippen LogP contribution in [-0.2, 0) is 0 Å². The monoisotopic (exact) mass is 269 g/mol. The van der Waals surface area contributed by atoms with Gasteiger partial charge in [-0.2, -0.15) is 0 Å². The van der Waals surface area contributed by atoms with Crippen molar-refractivity contribution < 1.29 is 9.53 Å². The van der Waals surface area contributed by atoms with Gasteiger partial charge in [0.1, 0.15) is 5.75 Å². The fourth-order valence-corrected chi connectivity index (χ4v) is 1.88. The molecule has 0 aliphatic rings. The minimum atomic E-state index is -0.133. The molecule has 0 saturated heterocycles. The molecule has 0 atom stereocenters. The standard InChI is InChI=1S/C14H20ClNO2/c1-3-4-5-6-9-16-14(17)12-10-11(15)7-8-13(12)18-2/h7-8,10H,3-6,9H2,1-2H3,(H,16,17). The lowest BCUT2D eigenvalue weighted by Crippen LogP contribution is -2.24. The first-order valence-electron chi connectivity index (χ1n) is 6.30. The molecule has 0 heterocycles. The number of rotatable bonds is 7. The number of carbonyl (C=O) groups excluding carboxylic acids is 1. The van der Waals surface area contributed by atoms with Crippen LogP contribution in [0.5, 0.6) is 5.75 Å². The van der Waals surface area contributed by atoms with Gasteiger partial charge in [-0.1, -0.05) is 37.8 Å². The maximum atomic E-state index is 12.0. The predicted molar refractivity (Wildman–Crippen MR) is 74.5 cm³/mol. The number of nitrogens with one attached hydrogen (secondary N) is 1. The first-order chi connectivity index (χ1) is 8.69. The Morgan fingerprint density at radius 2 is 2.11 bits per heavy atom. The van der Waals surface area contributed by atoms with E-state index in [4.69, 9.17) is 16.3 Å². The molecule has 0 spiro atoms. The van der Waals surface area contributed by atoms with Gasteiger partial charge in [-0.15, -0.1) is 0 Å². The average Bonchev–Trinajstić information content (AvgIpc) is 2.38. The van der Waals surface area contributed by atoms with Gasteiger partial charge in [0.25, 0.3) is 5.91 Å². The molecule has 0 aliphatic heterocycles. The van der Waals surface area contributed by atoms with Crippen molar-refractivity contribution in [1.29, 1.82) is 0 Å². The highest BCUT2D eigenvalue weighted by Gasteiger charge is 2.11. The van der Waals surface area contributed by atoms with Gasteiger partial charge in [-0.25, -0.2) is 0 Å². The molecule has 18 heavy (non-hydrogen) atoms. The summed E-state index contributed by atoms with van der Waals surface area (Å²) in [6.07, 6.45) is 4.54. The van der Waals surface area contributed by atoms with Crippen LogP contribution in [0.15, 0.2) is 18.2 Å². The van der Waals surface area contributed by atoms with E-state index in [1.165, 1.54) is 12.8 Å². The number of hydrogen-bond donors (Lipinski definition) is 1. The molecule has 1 aromatic carbocycles. The van der Waals surface area contributed by atoms with Crippen LogP contribution in [0.2, 0.25) is 5.02 Å². The minimum Gasteiger partial charge on any atom is -0.496 e. The quantitative estimate of drug-likeness (QED) is 0.767. The molecular weight excluding hydrogens is 250 g/mol. The lowest BCUT2D eigenvalue weighted by atomic mass is 10.1. The summed E-state index contributed by atoms with van der Waals surface area (Å²) < 4.78 is 5.15. The predicted octanol–water partition coefficient (Wildman–Crippen LogP) is 3.66. The zero-order valence-electron chi connectivity index (χ0n) is 11.0. The molecule has 0 saturated carbocycles. The number of benzene rings is 1. The third-order valence-corrected chi connectivity index (χ3v) is 2.96. The van der Waals surface area contributed by atoms with Crippen LogP contribution in [0.4, 0.5) is 0 Å². The van der Waals surface area contributed by atoms with Crippen LogP contribution in [0.3, 0.4) is 0 Å². The molecule has 0 bridgehead atoms. The van der Waals surface area contributed by atoms with Crippen molar-refractivity contribution in [3.05, 3.63) is 28.8 Å². The normalized spacial score (nSPS) is 10.2. The number of halogens is 1. The maximum Gasteiger partial charge on any atom is 0.255 e. The number of amides is 1. The molecule has 0 aliphatic carbocycles. The SMILES string of the molecule is CCCCCCNC(=O)c1cc(Cl)ccc1OC. The molecule has 0 radical (unpaired) electrons. The highest BCUT2D eigenvalue weighted by molar-refractivity contribution is 6.31. The molecule has 3 nitrogen and oxygen atoms in total. The molecule has 0 unspecified atom stereocenters. The fraction of sp³-hybridized carbons (Fsp3) is 0.500. The van der Waals surface area contributed by atoms with E-state index in [0.717, 1.165) is 12.8 Å². The molecule has 0 fully saturated rings. The van der Waals surface area contributed by atoms with E-state index < -0.39 is 0 Å². The molecule has 0 aromatic heterocycles. The van der Waals surface area contributed by atoms with Crippen molar-refractivity contribution in [2.75, 3.05) is 13.7 Å². The topological polar surface area (TPSA) is 38.3 Å². The van der Waals surface area contributed by atoms with Crippen LogP contribution in [0, 0.1) is 0 Å². The zero-order valence-corrected chi connectivity index (χ0v) is 11.7. The van der Waals surface area contributed by atoms with E-state index in [-0.39, 0.29) is 5.91 Å². The van der Waals surface area contributed by atoms with Gasteiger partial charge < -0.3 is 10.1 Å². The molecule has 100 valence electrons. The van der Waals surface area contributed by atoms with E-state index in [2.05, 4.69) is 12.2 Å². The number of hydrogen-bond acceptors (Lipinski definition) is 2. The smallest absolute Gasteiger partial charge is 0.255 e. The summed E-state index contributed by atoms with van der Waals surface area (Å²) in [6.45, 7) is 2.85. The van der Waals surface area contributed by atoms with Crippen LogP contribution in [0.25, 0.3) is 0 Å². The average molecular weight is 270 g/mol. The summed E-state index contributed by atoms with van der Waals surface area (Å²) in [5, 5.41) is 3.42. The highest BCUT2D eigenvalue weighted by Crippen LogP contribution is 2.22. The Kier molecular flexibility index (Phi) is 6.58. The summed E-state index contributed by atoms with van der Waals surface area (Å²) in [5.41, 5.74) is 0.487. The molecule has 1 N–H and O–H groups in total. The summed E-state index contributed by atoms with van der Waals surface area (Å²) in [5.74, 6) is 0.413. The Labute approximate surface area is 113 Å². The Balaban J connectivity index is 2.52. The van der Waals surface area contributed by atoms with Gasteiger partial charge >= 0.3 is 0 Å². The van der Waals surface area contributed by atoms with Gasteiger partial charge in [0.15, 0.2) is 0 Å². The summed E-state index contributed by atoms with van der Waals surface area (Å²) >= 11 is 5.88. The van der Waals surface area contributed by atoms with Crippen LogP contribution in [0.1, 0.15) is 43.0 Å². The number of ether oxygens (including phenoxy) is 1. The lowest BCUT2D eigenvalue weighted by molar-refractivity contribution is 0.0950. The van der Waals surface area contributed by atoms with E-state index in [0.29, 0.717) is 22.9 Å². The van der Waals surface area contributed by atoms with Crippen molar-refractivity contribution in [1.82, 2.24) is 5.32 Å². The second-order valence-corrected chi connectivity index (χ2v) is 4.60. The fourth-order valence-electron chi connectivity index (χ4n) is 1.71. The Morgan fingerprint density at radius 1 is 1.33 bits per heavy atom. The first kappa shape index (κ1) is 14.8. The maximum absolute atomic E-state index is 12.0. The summed E-state index contributed by atoms with van der Waals surface area (Å²) in [4.78, 5) is 12.0. The van der Waals surface area contributed by atoms with Crippen LogP contribution >= 0.6 is 11.6 Å². The molecule has 4 heteroatoms. The second-order valence-electron chi connectivity index (χ2n) is 4.16. The van der Waals surface area contributed by atoms with Crippen molar-refractivity contribution >= 4 is 17.5 Å². The van der Waals surface area contributed by atoms with E-state index in [1.54, 1.807) is 25.3 Å². The number of methoxy groups -OCH3 is 1. The first-order valence-corrected chi connectivity index (χ1v) is 6.68. The summed E-state index contributed by atoms with van der Waals surface area (Å²) in [7, 11) is 1.54. The van der Waals surface area contributed by atoms with E-state index >= 15 is 0 Å². The van der Waals surface area contributed by atoms with E-state index in [1.807, 2.05) is 0 Å². The Morgan fingerprint density at radius 3 is 2.78 bits per heavy atom. The Hall–Kier alpha value is -1.22. The molecule has 1 aromatic rings. The van der Waals surface area contributed by atoms with Gasteiger partial charge in [0, 0.05) is 11.6 Å². The molecule has 1 amide bonds. The molecule has 1 rings (SSSR count). The van der Waals surface area contributed by atoms with Crippen molar-refractivity contribution in [2.24, 2.45) is 0 Å². The van der Waals surface area contributed by atoms with E-state index in [9.17, 15) is 4.79 Å². The second kappa shape index (κ2) is 7.98. The van der Waals surface area contributed by atoms with Crippen molar-refractivity contribution in [2.45, 2.75) is 32.6 Å². The highest BCUT2D eigenvalue weighted by atomic mass is 35.5. The number of carbonyl (C=O) groups is 1. The largest absolute Gasteiger partial charge is 0.496 e. The third-order valence-electron chi connectivity index (χ3n) is 2.72. The Bertz CT molecular complexity index is 393. The zero-order chi connectivity index (χ0) is 13.4. The third kappa shape index (κ3) is 4.57. The molecular formula is C14H20ClNO2. The van der Waals surface area contributed by atoms with Crippen molar-refractivity contribution in [3.8, 4) is 5.75 Å². The lowest BCUT2D eigenvalue weighted by Gasteiger charge is -2.09. The van der Waals surface area contributed by atoms with Crippen LogP contribution < -0.4 is 10.1 Å². The number of unbranched alkanes of at least 4 members (excludes halogenated alkanes) is 3. The van der Waals surface area contributed by atoms with Gasteiger partial charge in [-0.3, -0.25) is 4.79 Å². The van der Waals surface area contributed by atoms with Gasteiger partial charge in [0.05, 0.1) is 12.7 Å². The van der Waals surface area contributed by atoms with Crippen molar-refractivity contribution in [3.63, 3.8) is 0 Å².